The molecule has 2 heterocycles. The van der Waals surface area contributed by atoms with Crippen molar-refractivity contribution in [3.05, 3.63) is 52.3 Å². The summed E-state index contributed by atoms with van der Waals surface area (Å²) in [5, 5.41) is 3.27. The molecule has 136 valence electrons. The van der Waals surface area contributed by atoms with E-state index in [0.29, 0.717) is 37.2 Å². The number of halogens is 2. The van der Waals surface area contributed by atoms with Crippen LogP contribution in [0.15, 0.2) is 36.5 Å². The molecule has 1 aliphatic rings. The van der Waals surface area contributed by atoms with Gasteiger partial charge in [0.15, 0.2) is 0 Å². The van der Waals surface area contributed by atoms with E-state index in [2.05, 4.69) is 15.2 Å². The Labute approximate surface area is 161 Å². The molecule has 2 aromatic rings. The number of aromatic nitrogens is 1. The van der Waals surface area contributed by atoms with Crippen LogP contribution in [0.5, 0.6) is 0 Å². The summed E-state index contributed by atoms with van der Waals surface area (Å²) in [6.07, 6.45) is 2.78. The molecule has 1 saturated heterocycles. The number of nitrogens with zero attached hydrogens (tertiary/aromatic N) is 2. The van der Waals surface area contributed by atoms with Crippen LogP contribution in [-0.4, -0.2) is 29.9 Å². The number of hydrogen-bond acceptors (Lipinski definition) is 4. The van der Waals surface area contributed by atoms with Crippen LogP contribution < -0.4 is 16.0 Å². The summed E-state index contributed by atoms with van der Waals surface area (Å²) in [6.45, 7) is 1.41. The van der Waals surface area contributed by atoms with Crippen LogP contribution in [0.2, 0.25) is 10.2 Å². The van der Waals surface area contributed by atoms with Crippen molar-refractivity contribution in [3.63, 3.8) is 0 Å². The third kappa shape index (κ3) is 4.08. The lowest BCUT2D eigenvalue weighted by molar-refractivity contribution is -0.122. The first-order valence-corrected chi connectivity index (χ1v) is 8.97. The van der Waals surface area contributed by atoms with Crippen LogP contribution in [0, 0.1) is 5.92 Å². The normalized spacial score (nSPS) is 14.9. The van der Waals surface area contributed by atoms with Gasteiger partial charge in [0, 0.05) is 25.2 Å². The number of benzene rings is 1. The second-order valence-electron chi connectivity index (χ2n) is 6.13. The molecule has 3 N–H and O–H groups in total. The molecule has 26 heavy (non-hydrogen) atoms. The maximum absolute atomic E-state index is 12.5. The molecule has 0 aliphatic carbocycles. The lowest BCUT2D eigenvalue weighted by atomic mass is 9.96. The monoisotopic (exact) mass is 392 g/mol. The molecule has 0 saturated carbocycles. The molecule has 8 heteroatoms. The zero-order valence-electron chi connectivity index (χ0n) is 13.9. The van der Waals surface area contributed by atoms with Crippen molar-refractivity contribution >= 4 is 46.4 Å². The van der Waals surface area contributed by atoms with Crippen LogP contribution in [-0.2, 0) is 4.79 Å². The fourth-order valence-electron chi connectivity index (χ4n) is 3.00. The van der Waals surface area contributed by atoms with Crippen molar-refractivity contribution in [1.82, 2.24) is 4.98 Å². The number of nitrogens with one attached hydrogen (secondary N) is 1. The van der Waals surface area contributed by atoms with Crippen molar-refractivity contribution in [3.8, 4) is 0 Å². The molecule has 2 amide bonds. The van der Waals surface area contributed by atoms with Gasteiger partial charge in [-0.1, -0.05) is 35.3 Å². The molecule has 0 bridgehead atoms. The number of carbonyl (C=O) groups excluding carboxylic acids is 2. The summed E-state index contributed by atoms with van der Waals surface area (Å²) >= 11 is 11.7. The Bertz CT molecular complexity index is 836. The fraction of sp³-hybridized carbons (Fsp3) is 0.278. The van der Waals surface area contributed by atoms with Gasteiger partial charge < -0.3 is 16.0 Å². The molecule has 1 aromatic heterocycles. The first kappa shape index (κ1) is 18.5. The van der Waals surface area contributed by atoms with Gasteiger partial charge >= 0.3 is 0 Å². The van der Waals surface area contributed by atoms with Gasteiger partial charge in [-0.05, 0) is 31.0 Å². The Morgan fingerprint density at radius 1 is 1.19 bits per heavy atom. The quantitative estimate of drug-likeness (QED) is 0.780. The van der Waals surface area contributed by atoms with Gasteiger partial charge in [-0.15, -0.1) is 0 Å². The van der Waals surface area contributed by atoms with Crippen molar-refractivity contribution < 1.29 is 9.59 Å². The smallest absolute Gasteiger partial charge is 0.257 e. The maximum atomic E-state index is 12.5. The van der Waals surface area contributed by atoms with E-state index in [9.17, 15) is 9.59 Å². The number of nitrogens with two attached hydrogens (primary N) is 1. The fourth-order valence-corrected chi connectivity index (χ4v) is 3.27. The van der Waals surface area contributed by atoms with Crippen molar-refractivity contribution in [2.24, 2.45) is 11.7 Å². The molecule has 6 nitrogen and oxygen atoms in total. The number of amides is 2. The third-order valence-electron chi connectivity index (χ3n) is 4.45. The number of hydrogen-bond donors (Lipinski definition) is 2. The van der Waals surface area contributed by atoms with Gasteiger partial charge in [-0.3, -0.25) is 9.59 Å². The molecule has 0 spiro atoms. The van der Waals surface area contributed by atoms with Crippen LogP contribution >= 0.6 is 23.2 Å². The van der Waals surface area contributed by atoms with Crippen molar-refractivity contribution in [2.45, 2.75) is 12.8 Å². The summed E-state index contributed by atoms with van der Waals surface area (Å²) in [7, 11) is 0. The van der Waals surface area contributed by atoms with E-state index in [0.717, 1.165) is 5.69 Å². The molecule has 0 radical (unpaired) electrons. The zero-order valence-corrected chi connectivity index (χ0v) is 15.4. The minimum Gasteiger partial charge on any atom is -0.370 e. The van der Waals surface area contributed by atoms with Crippen LogP contribution in [0.25, 0.3) is 0 Å². The minimum atomic E-state index is -0.324. The maximum Gasteiger partial charge on any atom is 0.257 e. The van der Waals surface area contributed by atoms with Gasteiger partial charge in [-0.2, -0.15) is 0 Å². The number of para-hydroxylation sites is 2. The van der Waals surface area contributed by atoms with E-state index in [1.54, 1.807) is 0 Å². The van der Waals surface area contributed by atoms with Crippen LogP contribution in [0.4, 0.5) is 11.4 Å². The second kappa shape index (κ2) is 7.93. The van der Waals surface area contributed by atoms with Crippen LogP contribution in [0.1, 0.15) is 23.2 Å². The summed E-state index contributed by atoms with van der Waals surface area (Å²) < 4.78 is 0. The predicted octanol–water partition coefficient (Wildman–Crippen LogP) is 3.34. The predicted molar refractivity (Wildman–Crippen MR) is 103 cm³/mol. The summed E-state index contributed by atoms with van der Waals surface area (Å²) in [5.41, 5.74) is 7.30. The van der Waals surface area contributed by atoms with Crippen LogP contribution in [0.3, 0.4) is 0 Å². The standard InChI is InChI=1S/C18H18Cl2N4O2/c19-13-9-12(10-22-16(13)20)18(26)23-14-3-1-2-4-15(14)24-7-5-11(6-8-24)17(21)25/h1-4,9-11H,5-8H2,(H2,21,25)(H,23,26). The molecule has 1 aliphatic heterocycles. The number of carbonyl (C=O) groups is 2. The highest BCUT2D eigenvalue weighted by Gasteiger charge is 2.24. The SMILES string of the molecule is NC(=O)C1CCN(c2ccccc2NC(=O)c2cnc(Cl)c(Cl)c2)CC1. The molecule has 1 fully saturated rings. The number of pyridine rings is 1. The number of rotatable bonds is 4. The van der Waals surface area contributed by atoms with E-state index in [1.165, 1.54) is 12.3 Å². The largest absolute Gasteiger partial charge is 0.370 e. The molecule has 0 atom stereocenters. The Morgan fingerprint density at radius 3 is 2.54 bits per heavy atom. The topological polar surface area (TPSA) is 88.3 Å². The Kier molecular flexibility index (Phi) is 5.64. The van der Waals surface area contributed by atoms with Gasteiger partial charge in [0.05, 0.1) is 22.0 Å². The van der Waals surface area contributed by atoms with E-state index < -0.39 is 0 Å². The average molecular weight is 393 g/mol. The first-order chi connectivity index (χ1) is 12.5. The third-order valence-corrected chi connectivity index (χ3v) is 5.13. The lowest BCUT2D eigenvalue weighted by Gasteiger charge is -2.33. The number of anilines is 2. The lowest BCUT2D eigenvalue weighted by Crippen LogP contribution is -2.38. The summed E-state index contributed by atoms with van der Waals surface area (Å²) in [5.74, 6) is -0.663. The van der Waals surface area contributed by atoms with E-state index >= 15 is 0 Å². The van der Waals surface area contributed by atoms with E-state index in [1.807, 2.05) is 24.3 Å². The van der Waals surface area contributed by atoms with Crippen molar-refractivity contribution in [2.75, 3.05) is 23.3 Å². The molecule has 1 aromatic carbocycles. The minimum absolute atomic E-state index is 0.0877. The van der Waals surface area contributed by atoms with Crippen molar-refractivity contribution in [1.29, 1.82) is 0 Å². The molecular formula is C18H18Cl2N4O2. The van der Waals surface area contributed by atoms with Gasteiger partial charge in [-0.25, -0.2) is 4.98 Å². The number of piperidine rings is 1. The second-order valence-corrected chi connectivity index (χ2v) is 6.90. The summed E-state index contributed by atoms with van der Waals surface area (Å²) in [6, 6.07) is 9.01. The average Bonchev–Trinajstić information content (AvgIpc) is 2.64. The van der Waals surface area contributed by atoms with Gasteiger partial charge in [0.1, 0.15) is 5.15 Å². The highest BCUT2D eigenvalue weighted by molar-refractivity contribution is 6.41. The summed E-state index contributed by atoms with van der Waals surface area (Å²) in [4.78, 5) is 29.9. The van der Waals surface area contributed by atoms with E-state index in [4.69, 9.17) is 28.9 Å². The first-order valence-electron chi connectivity index (χ1n) is 8.21. The number of primary amides is 1. The molecular weight excluding hydrogens is 375 g/mol. The van der Waals surface area contributed by atoms with Gasteiger partial charge in [0.2, 0.25) is 5.91 Å². The molecule has 3 rings (SSSR count). The van der Waals surface area contributed by atoms with Gasteiger partial charge in [0.25, 0.3) is 5.91 Å². The Hall–Kier alpha value is -2.31. The Balaban J connectivity index is 1.76. The molecule has 0 unspecified atom stereocenters. The highest BCUT2D eigenvalue weighted by atomic mass is 35.5. The Morgan fingerprint density at radius 2 is 1.88 bits per heavy atom. The highest BCUT2D eigenvalue weighted by Crippen LogP contribution is 2.30. The zero-order chi connectivity index (χ0) is 18.7. The van der Waals surface area contributed by atoms with E-state index in [-0.39, 0.29) is 27.9 Å².